The summed E-state index contributed by atoms with van der Waals surface area (Å²) in [5.74, 6) is 0.282. The normalized spacial score (nSPS) is 17.3. The van der Waals surface area contributed by atoms with Crippen LogP contribution >= 0.6 is 34.5 Å². The largest absolute Gasteiger partial charge is 0.482 e. The van der Waals surface area contributed by atoms with Crippen molar-refractivity contribution in [1.29, 1.82) is 0 Å². The molecule has 8 heteroatoms. The molecule has 1 aliphatic rings. The van der Waals surface area contributed by atoms with Crippen LogP contribution in [0.5, 0.6) is 5.75 Å². The molecule has 0 aliphatic carbocycles. The fourth-order valence-corrected chi connectivity index (χ4v) is 3.57. The maximum atomic E-state index is 12.0. The van der Waals surface area contributed by atoms with Crippen LogP contribution in [0.1, 0.15) is 6.42 Å². The zero-order chi connectivity index (χ0) is 16.2. The van der Waals surface area contributed by atoms with Crippen molar-refractivity contribution in [3.8, 4) is 5.75 Å². The molecular weight excluding hydrogens is 357 g/mol. The SMILES string of the molecule is O=C(COc1ccc(Cl)cc1Cl)NC1CCN(c2nccs2)C1. The van der Waals surface area contributed by atoms with Gasteiger partial charge in [-0.1, -0.05) is 23.2 Å². The van der Waals surface area contributed by atoms with Gasteiger partial charge in [0.15, 0.2) is 11.7 Å². The van der Waals surface area contributed by atoms with Crippen molar-refractivity contribution in [3.63, 3.8) is 0 Å². The van der Waals surface area contributed by atoms with Crippen LogP contribution in [0.4, 0.5) is 5.13 Å². The van der Waals surface area contributed by atoms with Gasteiger partial charge in [-0.05, 0) is 24.6 Å². The molecule has 1 aliphatic heterocycles. The van der Waals surface area contributed by atoms with Gasteiger partial charge in [0.2, 0.25) is 0 Å². The van der Waals surface area contributed by atoms with Crippen LogP contribution in [0.15, 0.2) is 29.8 Å². The highest BCUT2D eigenvalue weighted by Crippen LogP contribution is 2.27. The van der Waals surface area contributed by atoms with Gasteiger partial charge in [-0.15, -0.1) is 11.3 Å². The molecule has 0 spiro atoms. The number of amides is 1. The van der Waals surface area contributed by atoms with E-state index in [0.717, 1.165) is 24.6 Å². The molecule has 1 saturated heterocycles. The van der Waals surface area contributed by atoms with Crippen LogP contribution in [-0.2, 0) is 4.79 Å². The van der Waals surface area contributed by atoms with E-state index in [0.29, 0.717) is 15.8 Å². The summed E-state index contributed by atoms with van der Waals surface area (Å²) in [6.07, 6.45) is 2.68. The predicted octanol–water partition coefficient (Wildman–Crippen LogP) is 3.22. The average molecular weight is 372 g/mol. The summed E-state index contributed by atoms with van der Waals surface area (Å²) in [6.45, 7) is 1.58. The van der Waals surface area contributed by atoms with Crippen molar-refractivity contribution in [1.82, 2.24) is 10.3 Å². The highest BCUT2D eigenvalue weighted by molar-refractivity contribution is 7.13. The third-order valence-electron chi connectivity index (χ3n) is 3.50. The number of hydrogen-bond acceptors (Lipinski definition) is 5. The number of rotatable bonds is 5. The van der Waals surface area contributed by atoms with Crippen molar-refractivity contribution >= 4 is 45.6 Å². The summed E-state index contributed by atoms with van der Waals surface area (Å²) in [6, 6.07) is 5.01. The molecule has 1 amide bonds. The molecule has 1 N–H and O–H groups in total. The maximum absolute atomic E-state index is 12.0. The van der Waals surface area contributed by atoms with E-state index in [1.165, 1.54) is 0 Å². The Morgan fingerprint density at radius 3 is 3.09 bits per heavy atom. The zero-order valence-electron chi connectivity index (χ0n) is 12.2. The molecule has 1 aromatic heterocycles. The van der Waals surface area contributed by atoms with E-state index in [1.54, 1.807) is 35.7 Å². The number of aromatic nitrogens is 1. The second kappa shape index (κ2) is 7.38. The third-order valence-corrected chi connectivity index (χ3v) is 4.86. The average Bonchev–Trinajstić information content (AvgIpc) is 3.17. The minimum atomic E-state index is -0.165. The Morgan fingerprint density at radius 2 is 2.35 bits per heavy atom. The van der Waals surface area contributed by atoms with Gasteiger partial charge >= 0.3 is 0 Å². The van der Waals surface area contributed by atoms with Gasteiger partial charge in [-0.3, -0.25) is 4.79 Å². The van der Waals surface area contributed by atoms with Crippen molar-refractivity contribution in [2.75, 3.05) is 24.6 Å². The van der Waals surface area contributed by atoms with E-state index >= 15 is 0 Å². The third kappa shape index (κ3) is 4.28. The lowest BCUT2D eigenvalue weighted by Crippen LogP contribution is -2.39. The van der Waals surface area contributed by atoms with Gasteiger partial charge in [0.05, 0.1) is 5.02 Å². The molecular formula is C15H15Cl2N3O2S. The van der Waals surface area contributed by atoms with Gasteiger partial charge < -0.3 is 15.0 Å². The van der Waals surface area contributed by atoms with Crippen LogP contribution in [0, 0.1) is 0 Å². The van der Waals surface area contributed by atoms with Crippen LogP contribution in [-0.4, -0.2) is 36.6 Å². The van der Waals surface area contributed by atoms with E-state index in [4.69, 9.17) is 27.9 Å². The summed E-state index contributed by atoms with van der Waals surface area (Å²) in [7, 11) is 0. The molecule has 5 nitrogen and oxygen atoms in total. The van der Waals surface area contributed by atoms with Gasteiger partial charge in [-0.2, -0.15) is 0 Å². The number of benzene rings is 1. The summed E-state index contributed by atoms with van der Waals surface area (Å²) in [5.41, 5.74) is 0. The minimum Gasteiger partial charge on any atom is -0.482 e. The lowest BCUT2D eigenvalue weighted by Gasteiger charge is -2.16. The number of thiazole rings is 1. The number of nitrogens with zero attached hydrogens (tertiary/aromatic N) is 2. The highest BCUT2D eigenvalue weighted by atomic mass is 35.5. The number of anilines is 1. The maximum Gasteiger partial charge on any atom is 0.258 e. The highest BCUT2D eigenvalue weighted by Gasteiger charge is 2.25. The van der Waals surface area contributed by atoms with Crippen molar-refractivity contribution in [3.05, 3.63) is 39.8 Å². The van der Waals surface area contributed by atoms with Crippen molar-refractivity contribution in [2.45, 2.75) is 12.5 Å². The Kier molecular flexibility index (Phi) is 5.25. The quantitative estimate of drug-likeness (QED) is 0.876. The van der Waals surface area contributed by atoms with Gasteiger partial charge in [0.1, 0.15) is 5.75 Å². The molecule has 0 radical (unpaired) electrons. The van der Waals surface area contributed by atoms with E-state index in [9.17, 15) is 4.79 Å². The number of carbonyl (C=O) groups excluding carboxylic acids is 1. The molecule has 2 aromatic rings. The van der Waals surface area contributed by atoms with Crippen LogP contribution in [0.2, 0.25) is 10.0 Å². The molecule has 0 saturated carbocycles. The molecule has 1 aromatic carbocycles. The fraction of sp³-hybridized carbons (Fsp3) is 0.333. The Hall–Kier alpha value is -1.50. The Bertz CT molecular complexity index is 681. The van der Waals surface area contributed by atoms with Gasteiger partial charge in [0.25, 0.3) is 5.91 Å². The number of hydrogen-bond donors (Lipinski definition) is 1. The second-order valence-electron chi connectivity index (χ2n) is 5.18. The molecule has 1 unspecified atom stereocenters. The van der Waals surface area contributed by atoms with E-state index in [2.05, 4.69) is 15.2 Å². The first-order valence-corrected chi connectivity index (χ1v) is 8.77. The molecule has 23 heavy (non-hydrogen) atoms. The number of carbonyl (C=O) groups is 1. The topological polar surface area (TPSA) is 54.5 Å². The lowest BCUT2D eigenvalue weighted by atomic mass is 10.2. The molecule has 3 rings (SSSR count). The first-order valence-electron chi connectivity index (χ1n) is 7.13. The Labute approximate surface area is 148 Å². The lowest BCUT2D eigenvalue weighted by molar-refractivity contribution is -0.123. The smallest absolute Gasteiger partial charge is 0.258 e. The van der Waals surface area contributed by atoms with E-state index < -0.39 is 0 Å². The molecule has 2 heterocycles. The van der Waals surface area contributed by atoms with Crippen LogP contribution in [0.3, 0.4) is 0 Å². The van der Waals surface area contributed by atoms with Gasteiger partial charge in [-0.25, -0.2) is 4.98 Å². The van der Waals surface area contributed by atoms with Crippen LogP contribution in [0.25, 0.3) is 0 Å². The number of halogens is 2. The fourth-order valence-electron chi connectivity index (χ4n) is 2.43. The monoisotopic (exact) mass is 371 g/mol. The van der Waals surface area contributed by atoms with Crippen molar-refractivity contribution in [2.24, 2.45) is 0 Å². The molecule has 1 fully saturated rings. The summed E-state index contributed by atoms with van der Waals surface area (Å²) in [4.78, 5) is 18.5. The summed E-state index contributed by atoms with van der Waals surface area (Å²) in [5, 5.41) is 6.83. The molecule has 0 bridgehead atoms. The standard InChI is InChI=1S/C15H15Cl2N3O2S/c16-10-1-2-13(12(17)7-10)22-9-14(21)19-11-3-5-20(8-11)15-18-4-6-23-15/h1-2,4,6-7,11H,3,5,8-9H2,(H,19,21). The van der Waals surface area contributed by atoms with E-state index in [-0.39, 0.29) is 18.6 Å². The summed E-state index contributed by atoms with van der Waals surface area (Å²) >= 11 is 13.4. The zero-order valence-corrected chi connectivity index (χ0v) is 14.5. The Morgan fingerprint density at radius 1 is 1.48 bits per heavy atom. The van der Waals surface area contributed by atoms with Gasteiger partial charge in [0, 0.05) is 35.7 Å². The van der Waals surface area contributed by atoms with E-state index in [1.807, 2.05) is 5.38 Å². The molecule has 122 valence electrons. The predicted molar refractivity (Wildman–Crippen MR) is 92.8 cm³/mol. The first kappa shape index (κ1) is 16.4. The van der Waals surface area contributed by atoms with Crippen molar-refractivity contribution < 1.29 is 9.53 Å². The minimum absolute atomic E-state index is 0.0743. The second-order valence-corrected chi connectivity index (χ2v) is 6.89. The van der Waals surface area contributed by atoms with Crippen LogP contribution < -0.4 is 15.0 Å². The molecule has 1 atom stereocenters. The number of nitrogens with one attached hydrogen (secondary N) is 1. The Balaban J connectivity index is 1.46. The first-order chi connectivity index (χ1) is 11.1. The number of ether oxygens (including phenoxy) is 1. The summed E-state index contributed by atoms with van der Waals surface area (Å²) < 4.78 is 5.44.